The van der Waals surface area contributed by atoms with Crippen LogP contribution < -0.4 is 11.1 Å². The second kappa shape index (κ2) is 8.00. The molecule has 31 heavy (non-hydrogen) atoms. The van der Waals surface area contributed by atoms with E-state index in [2.05, 4.69) is 51.9 Å². The molecule has 2 atom stereocenters. The topological polar surface area (TPSA) is 41.3 Å². The first-order valence-electron chi connectivity index (χ1n) is 12.6. The summed E-state index contributed by atoms with van der Waals surface area (Å²) in [5.41, 5.74) is 8.00. The minimum atomic E-state index is 0.197. The number of thiocarbonyl (C=S) groups is 1. The Kier molecular flexibility index (Phi) is 5.41. The fourth-order valence-electron chi connectivity index (χ4n) is 7.50. The molecule has 0 amide bonds. The summed E-state index contributed by atoms with van der Waals surface area (Å²) in [6.45, 7) is 0.846. The van der Waals surface area contributed by atoms with Crippen LogP contribution in [-0.4, -0.2) is 39.2 Å². The number of nitrogens with two attached hydrogens (primary N) is 1. The second-order valence-corrected chi connectivity index (χ2v) is 13.0. The maximum Gasteiger partial charge on any atom is 0.0819 e. The first-order chi connectivity index (χ1) is 15.1. The smallest absolute Gasteiger partial charge is 0.0819 e. The van der Waals surface area contributed by atoms with Gasteiger partial charge in [-0.3, -0.25) is 0 Å². The van der Waals surface area contributed by atoms with Crippen molar-refractivity contribution in [2.45, 2.75) is 99.4 Å². The normalized spacial score (nSPS) is 42.0. The van der Waals surface area contributed by atoms with Gasteiger partial charge in [0.25, 0.3) is 0 Å². The van der Waals surface area contributed by atoms with Gasteiger partial charge in [-0.1, -0.05) is 54.5 Å². The Balaban J connectivity index is 1.25. The number of hydrogen-bond donors (Lipinski definition) is 2. The summed E-state index contributed by atoms with van der Waals surface area (Å²) >= 11 is 8.46. The number of rotatable bonds is 6. The molecule has 4 saturated carbocycles. The average molecular weight is 456 g/mol. The van der Waals surface area contributed by atoms with E-state index in [-0.39, 0.29) is 5.41 Å². The minimum absolute atomic E-state index is 0.197. The highest BCUT2D eigenvalue weighted by Crippen LogP contribution is 2.64. The minimum Gasteiger partial charge on any atom is -0.376 e. The van der Waals surface area contributed by atoms with Crippen molar-refractivity contribution in [3.05, 3.63) is 35.9 Å². The molecule has 0 aromatic heterocycles. The van der Waals surface area contributed by atoms with E-state index in [1.807, 2.05) is 0 Å². The lowest BCUT2D eigenvalue weighted by molar-refractivity contribution is -0.0493. The van der Waals surface area contributed by atoms with E-state index in [0.717, 1.165) is 17.7 Å². The zero-order chi connectivity index (χ0) is 21.1. The van der Waals surface area contributed by atoms with Gasteiger partial charge < -0.3 is 11.1 Å². The van der Waals surface area contributed by atoms with Crippen LogP contribution in [0, 0.1) is 11.3 Å². The third-order valence-electron chi connectivity index (χ3n) is 9.08. The van der Waals surface area contributed by atoms with Gasteiger partial charge in [0, 0.05) is 28.8 Å². The molecule has 2 heterocycles. The monoisotopic (exact) mass is 455 g/mol. The van der Waals surface area contributed by atoms with E-state index < -0.39 is 0 Å². The van der Waals surface area contributed by atoms with Crippen LogP contribution in [0.3, 0.4) is 0 Å². The first-order valence-corrected chi connectivity index (χ1v) is 13.9. The van der Waals surface area contributed by atoms with E-state index in [9.17, 15) is 0 Å². The van der Waals surface area contributed by atoms with Gasteiger partial charge in [0.05, 0.1) is 4.99 Å². The number of benzene rings is 1. The van der Waals surface area contributed by atoms with Crippen LogP contribution in [-0.2, 0) is 5.41 Å². The van der Waals surface area contributed by atoms with E-state index >= 15 is 0 Å². The molecule has 1 aromatic carbocycles. The molecule has 6 fully saturated rings. The predicted molar refractivity (Wildman–Crippen MR) is 134 cm³/mol. The van der Waals surface area contributed by atoms with E-state index in [1.54, 1.807) is 5.56 Å². The Labute approximate surface area is 197 Å². The molecule has 7 rings (SSSR count). The highest BCUT2D eigenvalue weighted by molar-refractivity contribution is 7.97. The summed E-state index contributed by atoms with van der Waals surface area (Å²) in [6.07, 6.45) is 14.2. The third-order valence-corrected chi connectivity index (χ3v) is 11.2. The van der Waals surface area contributed by atoms with Crippen LogP contribution in [0.25, 0.3) is 0 Å². The Morgan fingerprint density at radius 3 is 2.29 bits per heavy atom. The Hall–Kier alpha value is -0.620. The molecule has 3 N–H and O–H groups in total. The van der Waals surface area contributed by atoms with Gasteiger partial charge in [-0.05, 0) is 94.1 Å². The van der Waals surface area contributed by atoms with Crippen molar-refractivity contribution in [2.75, 3.05) is 6.54 Å². The van der Waals surface area contributed by atoms with Gasteiger partial charge in [-0.2, -0.15) is 0 Å². The van der Waals surface area contributed by atoms with Crippen molar-refractivity contribution < 1.29 is 0 Å². The van der Waals surface area contributed by atoms with Crippen molar-refractivity contribution in [3.8, 4) is 0 Å². The molecule has 4 aliphatic carbocycles. The largest absolute Gasteiger partial charge is 0.376 e. The van der Waals surface area contributed by atoms with Crippen LogP contribution in [0.15, 0.2) is 30.3 Å². The fraction of sp³-hybridized carbons (Fsp3) is 0.731. The van der Waals surface area contributed by atoms with Gasteiger partial charge in [0.1, 0.15) is 0 Å². The molecule has 0 spiro atoms. The van der Waals surface area contributed by atoms with Crippen LogP contribution in [0.5, 0.6) is 0 Å². The average Bonchev–Trinajstić information content (AvgIpc) is 3.61. The first kappa shape index (κ1) is 20.9. The lowest BCUT2D eigenvalue weighted by atomic mass is 9.48. The lowest BCUT2D eigenvalue weighted by Crippen LogP contribution is -2.68. The standard InChI is InChI=1S/C26H37N3S2/c27-16-18-6-8-20(9-7-18)28-24(30)26-14-21-12-25(17-26,19-4-2-1-3-5-19)13-22(15-26)29(21)31-23-10-11-23/h1-5,18,20-23H,6-17,27H2,(H,28,30). The van der Waals surface area contributed by atoms with Crippen LogP contribution in [0.4, 0.5) is 0 Å². The molecule has 2 unspecified atom stereocenters. The molecule has 5 heteroatoms. The van der Waals surface area contributed by atoms with Gasteiger partial charge in [0.15, 0.2) is 0 Å². The summed E-state index contributed by atoms with van der Waals surface area (Å²) in [7, 11) is 0. The van der Waals surface area contributed by atoms with Crippen LogP contribution in [0.1, 0.15) is 76.2 Å². The third kappa shape index (κ3) is 3.78. The maximum absolute atomic E-state index is 6.26. The highest BCUT2D eigenvalue weighted by Gasteiger charge is 2.63. The van der Waals surface area contributed by atoms with Gasteiger partial charge in [-0.15, -0.1) is 0 Å². The van der Waals surface area contributed by atoms with Crippen LogP contribution >= 0.6 is 24.2 Å². The van der Waals surface area contributed by atoms with Gasteiger partial charge >= 0.3 is 0 Å². The molecule has 4 bridgehead atoms. The fourth-order valence-corrected chi connectivity index (χ4v) is 9.24. The molecule has 3 nitrogen and oxygen atoms in total. The molecule has 2 aliphatic heterocycles. The van der Waals surface area contributed by atoms with E-state index in [0.29, 0.717) is 23.5 Å². The molecule has 2 saturated heterocycles. The van der Waals surface area contributed by atoms with Crippen LogP contribution in [0.2, 0.25) is 0 Å². The number of nitrogens with zero attached hydrogens (tertiary/aromatic N) is 1. The molecule has 6 aliphatic rings. The summed E-state index contributed by atoms with van der Waals surface area (Å²) in [5, 5.41) is 4.82. The van der Waals surface area contributed by atoms with Crippen molar-refractivity contribution in [1.29, 1.82) is 0 Å². The number of hydrogen-bond acceptors (Lipinski definition) is 4. The summed E-state index contributed by atoms with van der Waals surface area (Å²) in [4.78, 5) is 1.20. The summed E-state index contributed by atoms with van der Waals surface area (Å²) < 4.78 is 2.85. The van der Waals surface area contributed by atoms with Crippen molar-refractivity contribution in [1.82, 2.24) is 9.62 Å². The quantitative estimate of drug-likeness (QED) is 0.457. The van der Waals surface area contributed by atoms with Gasteiger partial charge in [0.2, 0.25) is 0 Å². The Bertz CT molecular complexity index is 799. The van der Waals surface area contributed by atoms with E-state index in [1.165, 1.54) is 75.6 Å². The molecule has 168 valence electrons. The molecular formula is C26H37N3S2. The van der Waals surface area contributed by atoms with Crippen molar-refractivity contribution in [3.63, 3.8) is 0 Å². The second-order valence-electron chi connectivity index (χ2n) is 11.3. The summed E-state index contributed by atoms with van der Waals surface area (Å²) in [6, 6.07) is 13.4. The SMILES string of the molecule is NCC1CCC(NC(=S)C23CC4CC(c5ccccc5)(CC(C2)N4SC2CC2)C3)CC1. The predicted octanol–water partition coefficient (Wildman–Crippen LogP) is 5.19. The lowest BCUT2D eigenvalue weighted by Gasteiger charge is -2.66. The highest BCUT2D eigenvalue weighted by atomic mass is 32.2. The van der Waals surface area contributed by atoms with Crippen molar-refractivity contribution >= 4 is 29.2 Å². The Morgan fingerprint density at radius 2 is 1.68 bits per heavy atom. The zero-order valence-corrected chi connectivity index (χ0v) is 20.2. The Morgan fingerprint density at radius 1 is 1.00 bits per heavy atom. The van der Waals surface area contributed by atoms with Crippen molar-refractivity contribution in [2.24, 2.45) is 17.1 Å². The molecular weight excluding hydrogens is 418 g/mol. The maximum atomic E-state index is 6.26. The summed E-state index contributed by atoms with van der Waals surface area (Å²) in [5.74, 6) is 0.723. The van der Waals surface area contributed by atoms with Gasteiger partial charge in [-0.25, -0.2) is 4.31 Å². The van der Waals surface area contributed by atoms with E-state index in [4.69, 9.17) is 18.0 Å². The number of piperidine rings is 2. The molecule has 1 aromatic rings. The molecule has 0 radical (unpaired) electrons. The number of nitrogens with one attached hydrogen (secondary N) is 1. The zero-order valence-electron chi connectivity index (χ0n) is 18.6.